The van der Waals surface area contributed by atoms with Crippen LogP contribution in [0.4, 0.5) is 5.82 Å². The third kappa shape index (κ3) is 3.73. The summed E-state index contributed by atoms with van der Waals surface area (Å²) in [6.45, 7) is 4.01. The van der Waals surface area contributed by atoms with Gasteiger partial charge >= 0.3 is 11.9 Å². The highest BCUT2D eigenvalue weighted by Gasteiger charge is 2.26. The SMILES string of the molecule is Cc1nc(NC(CCC(=O)O)C(=O)O)c2c3c(sc2n1)CC(C)CC3. The highest BCUT2D eigenvalue weighted by Crippen LogP contribution is 2.40. The van der Waals surface area contributed by atoms with Crippen LogP contribution in [0.3, 0.4) is 0 Å². The lowest BCUT2D eigenvalue weighted by atomic mass is 9.89. The second kappa shape index (κ2) is 6.95. The van der Waals surface area contributed by atoms with Crippen LogP contribution in [0.15, 0.2) is 0 Å². The fraction of sp³-hybridized carbons (Fsp3) is 0.529. The molecule has 2 atom stereocenters. The molecule has 2 aromatic rings. The Morgan fingerprint density at radius 1 is 1.36 bits per heavy atom. The summed E-state index contributed by atoms with van der Waals surface area (Å²) in [6, 6.07) is -0.994. The smallest absolute Gasteiger partial charge is 0.326 e. The van der Waals surface area contributed by atoms with Gasteiger partial charge in [-0.05, 0) is 44.1 Å². The number of nitrogens with one attached hydrogen (secondary N) is 1. The molecule has 7 nitrogen and oxygen atoms in total. The van der Waals surface area contributed by atoms with E-state index in [1.54, 1.807) is 18.3 Å². The number of nitrogens with zero attached hydrogens (tertiary/aromatic N) is 2. The van der Waals surface area contributed by atoms with E-state index >= 15 is 0 Å². The lowest BCUT2D eigenvalue weighted by molar-refractivity contribution is -0.139. The number of thiophene rings is 1. The van der Waals surface area contributed by atoms with Crippen LogP contribution >= 0.6 is 11.3 Å². The van der Waals surface area contributed by atoms with Crippen LogP contribution in [0, 0.1) is 12.8 Å². The minimum absolute atomic E-state index is 0.00142. The van der Waals surface area contributed by atoms with Crippen molar-refractivity contribution in [2.45, 2.75) is 52.0 Å². The molecular formula is C17H21N3O4S. The first-order chi connectivity index (χ1) is 11.8. The predicted molar refractivity (Wildman–Crippen MR) is 95.3 cm³/mol. The van der Waals surface area contributed by atoms with Gasteiger partial charge in [0.2, 0.25) is 0 Å². The maximum atomic E-state index is 11.5. The first-order valence-corrected chi connectivity index (χ1v) is 9.16. The molecular weight excluding hydrogens is 342 g/mol. The lowest BCUT2D eigenvalue weighted by Gasteiger charge is -2.19. The Morgan fingerprint density at radius 2 is 2.12 bits per heavy atom. The summed E-state index contributed by atoms with van der Waals surface area (Å²) in [4.78, 5) is 33.4. The third-order valence-corrected chi connectivity index (χ3v) is 5.67. The number of aliphatic carboxylic acids is 2. The van der Waals surface area contributed by atoms with Gasteiger partial charge < -0.3 is 15.5 Å². The van der Waals surface area contributed by atoms with Crippen molar-refractivity contribution in [1.29, 1.82) is 0 Å². The number of rotatable bonds is 6. The summed E-state index contributed by atoms with van der Waals surface area (Å²) in [5, 5.41) is 22.1. The molecule has 2 aromatic heterocycles. The van der Waals surface area contributed by atoms with Crippen LogP contribution < -0.4 is 5.32 Å². The first kappa shape index (κ1) is 17.6. The first-order valence-electron chi connectivity index (χ1n) is 8.35. The second-order valence-corrected chi connectivity index (χ2v) is 7.70. The molecule has 25 heavy (non-hydrogen) atoms. The second-order valence-electron chi connectivity index (χ2n) is 6.62. The molecule has 1 aliphatic rings. The number of aromatic nitrogens is 2. The van der Waals surface area contributed by atoms with Crippen molar-refractivity contribution in [1.82, 2.24) is 9.97 Å². The number of carboxylic acids is 2. The zero-order chi connectivity index (χ0) is 18.1. The molecule has 0 bridgehead atoms. The molecule has 2 heterocycles. The summed E-state index contributed by atoms with van der Waals surface area (Å²) in [7, 11) is 0. The molecule has 2 unspecified atom stereocenters. The van der Waals surface area contributed by atoms with E-state index in [9.17, 15) is 14.7 Å². The Morgan fingerprint density at radius 3 is 2.80 bits per heavy atom. The van der Waals surface area contributed by atoms with Gasteiger partial charge in [-0.25, -0.2) is 14.8 Å². The van der Waals surface area contributed by atoms with Crippen LogP contribution in [0.25, 0.3) is 10.2 Å². The highest BCUT2D eigenvalue weighted by atomic mass is 32.1. The van der Waals surface area contributed by atoms with E-state index in [2.05, 4.69) is 22.2 Å². The molecule has 0 saturated heterocycles. The van der Waals surface area contributed by atoms with E-state index in [-0.39, 0.29) is 12.8 Å². The van der Waals surface area contributed by atoms with Crippen LogP contribution in [0.1, 0.15) is 42.5 Å². The number of fused-ring (bicyclic) bond motifs is 3. The minimum atomic E-state index is -1.08. The van der Waals surface area contributed by atoms with Crippen molar-refractivity contribution in [3.63, 3.8) is 0 Å². The van der Waals surface area contributed by atoms with Gasteiger partial charge in [-0.3, -0.25) is 4.79 Å². The Kier molecular flexibility index (Phi) is 4.89. The summed E-state index contributed by atoms with van der Waals surface area (Å²) < 4.78 is 0. The van der Waals surface area contributed by atoms with Crippen LogP contribution in [0.5, 0.6) is 0 Å². The average molecular weight is 363 g/mol. The highest BCUT2D eigenvalue weighted by molar-refractivity contribution is 7.19. The number of hydrogen-bond donors (Lipinski definition) is 3. The van der Waals surface area contributed by atoms with Gasteiger partial charge in [0, 0.05) is 11.3 Å². The summed E-state index contributed by atoms with van der Waals surface area (Å²) in [5.41, 5.74) is 1.21. The Balaban J connectivity index is 1.99. The van der Waals surface area contributed by atoms with E-state index in [4.69, 9.17) is 5.11 Å². The molecule has 0 spiro atoms. The maximum Gasteiger partial charge on any atom is 0.326 e. The molecule has 3 rings (SSSR count). The Hall–Kier alpha value is -2.22. The molecule has 0 amide bonds. The summed E-state index contributed by atoms with van der Waals surface area (Å²) in [5.74, 6) is -0.382. The predicted octanol–water partition coefficient (Wildman–Crippen LogP) is 2.85. The standard InChI is InChI=1S/C17H21N3O4S/c1-8-3-4-10-12(7-8)25-16-14(10)15(18-9(2)19-16)20-11(17(23)24)5-6-13(21)22/h8,11H,3-7H2,1-2H3,(H,21,22)(H,23,24)(H,18,19,20). The molecule has 134 valence electrons. The van der Waals surface area contributed by atoms with Gasteiger partial charge in [-0.2, -0.15) is 0 Å². The molecule has 8 heteroatoms. The van der Waals surface area contributed by atoms with Gasteiger partial charge in [-0.1, -0.05) is 6.92 Å². The molecule has 3 N–H and O–H groups in total. The molecule has 0 fully saturated rings. The lowest BCUT2D eigenvalue weighted by Crippen LogP contribution is -2.30. The van der Waals surface area contributed by atoms with Crippen molar-refractivity contribution in [2.75, 3.05) is 5.32 Å². The van der Waals surface area contributed by atoms with Gasteiger partial charge in [0.15, 0.2) is 0 Å². The van der Waals surface area contributed by atoms with Gasteiger partial charge in [0.05, 0.1) is 5.39 Å². The molecule has 0 aliphatic heterocycles. The quantitative estimate of drug-likeness (QED) is 0.723. The van der Waals surface area contributed by atoms with Crippen molar-refractivity contribution < 1.29 is 19.8 Å². The van der Waals surface area contributed by atoms with E-state index in [1.165, 1.54) is 10.4 Å². The van der Waals surface area contributed by atoms with Gasteiger partial charge in [0.25, 0.3) is 0 Å². The monoisotopic (exact) mass is 363 g/mol. The van der Waals surface area contributed by atoms with Crippen LogP contribution in [-0.2, 0) is 22.4 Å². The van der Waals surface area contributed by atoms with E-state index in [1.807, 2.05) is 0 Å². The van der Waals surface area contributed by atoms with Crippen molar-refractivity contribution in [2.24, 2.45) is 5.92 Å². The van der Waals surface area contributed by atoms with E-state index < -0.39 is 18.0 Å². The topological polar surface area (TPSA) is 112 Å². The number of aryl methyl sites for hydroxylation is 2. The number of carboxylic acid groups (broad SMARTS) is 2. The Bertz CT molecular complexity index is 833. The average Bonchev–Trinajstić information content (AvgIpc) is 2.87. The number of carbonyl (C=O) groups is 2. The fourth-order valence-electron chi connectivity index (χ4n) is 3.24. The minimum Gasteiger partial charge on any atom is -0.481 e. The van der Waals surface area contributed by atoms with Crippen LogP contribution in [-0.4, -0.2) is 38.2 Å². The third-order valence-electron chi connectivity index (χ3n) is 4.52. The van der Waals surface area contributed by atoms with E-state index in [0.29, 0.717) is 17.6 Å². The molecule has 0 aromatic carbocycles. The maximum absolute atomic E-state index is 11.5. The molecule has 1 aliphatic carbocycles. The number of hydrogen-bond acceptors (Lipinski definition) is 6. The van der Waals surface area contributed by atoms with E-state index in [0.717, 1.165) is 29.5 Å². The summed E-state index contributed by atoms with van der Waals surface area (Å²) >= 11 is 1.65. The fourth-order valence-corrected chi connectivity index (χ4v) is 4.67. The largest absolute Gasteiger partial charge is 0.481 e. The van der Waals surface area contributed by atoms with Crippen LogP contribution in [0.2, 0.25) is 0 Å². The molecule has 0 saturated carbocycles. The van der Waals surface area contributed by atoms with Crippen molar-refractivity contribution in [3.8, 4) is 0 Å². The van der Waals surface area contributed by atoms with Gasteiger partial charge in [-0.15, -0.1) is 11.3 Å². The molecule has 0 radical (unpaired) electrons. The van der Waals surface area contributed by atoms with Gasteiger partial charge in [0.1, 0.15) is 22.5 Å². The zero-order valence-corrected chi connectivity index (χ0v) is 15.0. The van der Waals surface area contributed by atoms with Crippen molar-refractivity contribution >= 4 is 39.3 Å². The van der Waals surface area contributed by atoms with Crippen molar-refractivity contribution in [3.05, 3.63) is 16.3 Å². The normalized spacial score (nSPS) is 17.9. The summed E-state index contributed by atoms with van der Waals surface area (Å²) in [6.07, 6.45) is 2.82. The number of anilines is 1. The Labute approximate surface area is 149 Å². The zero-order valence-electron chi connectivity index (χ0n) is 14.2.